The van der Waals surface area contributed by atoms with E-state index in [9.17, 15) is 0 Å². The fraction of sp³-hybridized carbons (Fsp3) is 0.429. The van der Waals surface area contributed by atoms with Crippen molar-refractivity contribution in [2.75, 3.05) is 0 Å². The maximum Gasteiger partial charge on any atom is 0.264 e. The molecule has 0 aliphatic heterocycles. The minimum atomic E-state index is -0.313. The van der Waals surface area contributed by atoms with Gasteiger partial charge in [-0.25, -0.2) is 0 Å². The number of ether oxygens (including phenoxy) is 2. The Labute approximate surface area is 164 Å². The third kappa shape index (κ3) is 4.30. The summed E-state index contributed by atoms with van der Waals surface area (Å²) >= 11 is 0. The van der Waals surface area contributed by atoms with E-state index in [0.29, 0.717) is 17.6 Å². The number of aromatic nitrogens is 4. The van der Waals surface area contributed by atoms with E-state index in [2.05, 4.69) is 20.1 Å². The first-order chi connectivity index (χ1) is 13.4. The largest absolute Gasteiger partial charge is 0.488 e. The number of nitrogens with zero attached hydrogens (tertiary/aromatic N) is 4. The van der Waals surface area contributed by atoms with E-state index in [0.717, 1.165) is 41.4 Å². The second-order valence-electron chi connectivity index (χ2n) is 7.97. The molecule has 146 valence electrons. The molecule has 1 aliphatic rings. The topological polar surface area (TPSA) is 83.2 Å². The normalized spacial score (nSPS) is 14.1. The van der Waals surface area contributed by atoms with E-state index in [1.165, 1.54) is 0 Å². The van der Waals surface area contributed by atoms with Gasteiger partial charge in [-0.15, -0.1) is 0 Å². The monoisotopic (exact) mass is 380 g/mol. The molecule has 1 aliphatic carbocycles. The molecule has 0 radical (unpaired) electrons. The molecule has 1 aromatic carbocycles. The van der Waals surface area contributed by atoms with Crippen LogP contribution in [0.4, 0.5) is 0 Å². The highest BCUT2D eigenvalue weighted by molar-refractivity contribution is 5.70. The van der Waals surface area contributed by atoms with Crippen molar-refractivity contribution in [1.29, 1.82) is 0 Å². The number of benzene rings is 1. The van der Waals surface area contributed by atoms with Crippen molar-refractivity contribution in [3.8, 4) is 22.8 Å². The van der Waals surface area contributed by atoms with E-state index in [1.54, 1.807) is 12.4 Å². The summed E-state index contributed by atoms with van der Waals surface area (Å²) in [5.41, 5.74) is 2.12. The number of aryl methyl sites for hydroxylation is 1. The summed E-state index contributed by atoms with van der Waals surface area (Å²) in [6.07, 6.45) is 5.60. The van der Waals surface area contributed by atoms with Gasteiger partial charge in [0, 0.05) is 29.9 Å². The standard InChI is InChI=1S/C21H24N4O3/c1-13-19(23-10-9-22-13)16-8-7-15(27-21(2,3)4)11-17(16)26-12-18-24-20(25-28-18)14-5-6-14/h7-11,14H,5-6,12H2,1-4H3. The highest BCUT2D eigenvalue weighted by Crippen LogP contribution is 2.38. The average Bonchev–Trinajstić information content (AvgIpc) is 3.38. The maximum absolute atomic E-state index is 6.06. The van der Waals surface area contributed by atoms with Crippen LogP contribution < -0.4 is 9.47 Å². The highest BCUT2D eigenvalue weighted by Gasteiger charge is 2.29. The van der Waals surface area contributed by atoms with E-state index in [1.807, 2.05) is 45.9 Å². The molecule has 3 aromatic rings. The van der Waals surface area contributed by atoms with Gasteiger partial charge in [-0.1, -0.05) is 5.16 Å². The summed E-state index contributed by atoms with van der Waals surface area (Å²) in [5.74, 6) is 3.03. The minimum absolute atomic E-state index is 0.186. The summed E-state index contributed by atoms with van der Waals surface area (Å²) in [5, 5.41) is 4.04. The zero-order valence-corrected chi connectivity index (χ0v) is 16.6. The molecule has 7 heteroatoms. The Bertz CT molecular complexity index is 974. The van der Waals surface area contributed by atoms with Gasteiger partial charge in [-0.05, 0) is 52.7 Å². The summed E-state index contributed by atoms with van der Waals surface area (Å²) in [6.45, 7) is 8.13. The minimum Gasteiger partial charge on any atom is -0.488 e. The van der Waals surface area contributed by atoms with E-state index >= 15 is 0 Å². The first-order valence-electron chi connectivity index (χ1n) is 9.45. The Morgan fingerprint density at radius 1 is 1.14 bits per heavy atom. The fourth-order valence-corrected chi connectivity index (χ4v) is 2.88. The van der Waals surface area contributed by atoms with Crippen LogP contribution in [0.15, 0.2) is 35.1 Å². The molecule has 7 nitrogen and oxygen atoms in total. The van der Waals surface area contributed by atoms with Crippen LogP contribution in [-0.2, 0) is 6.61 Å². The second-order valence-corrected chi connectivity index (χ2v) is 7.97. The van der Waals surface area contributed by atoms with E-state index < -0.39 is 0 Å². The van der Waals surface area contributed by atoms with Crippen LogP contribution >= 0.6 is 0 Å². The molecule has 1 fully saturated rings. The molecule has 2 heterocycles. The van der Waals surface area contributed by atoms with Crippen LogP contribution in [0, 0.1) is 6.92 Å². The molecule has 2 aromatic heterocycles. The van der Waals surface area contributed by atoms with Gasteiger partial charge in [0.2, 0.25) is 0 Å². The SMILES string of the molecule is Cc1nccnc1-c1ccc(OC(C)(C)C)cc1OCc1nc(C2CC2)no1. The lowest BCUT2D eigenvalue weighted by Gasteiger charge is -2.22. The Morgan fingerprint density at radius 3 is 2.64 bits per heavy atom. The van der Waals surface area contributed by atoms with E-state index in [-0.39, 0.29) is 12.2 Å². The van der Waals surface area contributed by atoms with Crippen molar-refractivity contribution in [1.82, 2.24) is 20.1 Å². The van der Waals surface area contributed by atoms with E-state index in [4.69, 9.17) is 14.0 Å². The molecule has 0 atom stereocenters. The predicted octanol–water partition coefficient (Wildman–Crippen LogP) is 4.47. The van der Waals surface area contributed by atoms with Gasteiger partial charge in [-0.2, -0.15) is 4.98 Å². The van der Waals surface area contributed by atoms with Crippen LogP contribution in [0.3, 0.4) is 0 Å². The third-order valence-corrected chi connectivity index (χ3v) is 4.29. The van der Waals surface area contributed by atoms with Gasteiger partial charge in [0.05, 0.1) is 11.4 Å². The lowest BCUT2D eigenvalue weighted by molar-refractivity contribution is 0.130. The van der Waals surface area contributed by atoms with Crippen LogP contribution in [0.5, 0.6) is 11.5 Å². The Balaban J connectivity index is 1.62. The van der Waals surface area contributed by atoms with Crippen LogP contribution in [0.2, 0.25) is 0 Å². The maximum atomic E-state index is 6.06. The Hall–Kier alpha value is -2.96. The summed E-state index contributed by atoms with van der Waals surface area (Å²) in [4.78, 5) is 13.2. The molecule has 4 rings (SSSR count). The Morgan fingerprint density at radius 2 is 1.93 bits per heavy atom. The van der Waals surface area contributed by atoms with Gasteiger partial charge in [-0.3, -0.25) is 9.97 Å². The zero-order chi connectivity index (χ0) is 19.7. The number of rotatable bonds is 6. The number of hydrogen-bond donors (Lipinski definition) is 0. The Kier molecular flexibility index (Phi) is 4.75. The molecule has 0 spiro atoms. The summed E-state index contributed by atoms with van der Waals surface area (Å²) in [6, 6.07) is 5.73. The van der Waals surface area contributed by atoms with Crippen molar-refractivity contribution < 1.29 is 14.0 Å². The van der Waals surface area contributed by atoms with Gasteiger partial charge in [0.25, 0.3) is 5.89 Å². The van der Waals surface area contributed by atoms with Crippen LogP contribution in [-0.4, -0.2) is 25.7 Å². The lowest BCUT2D eigenvalue weighted by Crippen LogP contribution is -2.22. The van der Waals surface area contributed by atoms with Crippen LogP contribution in [0.25, 0.3) is 11.3 Å². The van der Waals surface area contributed by atoms with Crippen molar-refractivity contribution in [2.45, 2.75) is 58.7 Å². The number of hydrogen-bond acceptors (Lipinski definition) is 7. The van der Waals surface area contributed by atoms with Gasteiger partial charge >= 0.3 is 0 Å². The molecule has 0 unspecified atom stereocenters. The predicted molar refractivity (Wildman–Crippen MR) is 103 cm³/mol. The van der Waals surface area contributed by atoms with Crippen molar-refractivity contribution in [3.05, 3.63) is 48.0 Å². The van der Waals surface area contributed by atoms with Crippen molar-refractivity contribution in [2.24, 2.45) is 0 Å². The highest BCUT2D eigenvalue weighted by atomic mass is 16.5. The fourth-order valence-electron chi connectivity index (χ4n) is 2.88. The first kappa shape index (κ1) is 18.4. The van der Waals surface area contributed by atoms with Crippen molar-refractivity contribution >= 4 is 0 Å². The zero-order valence-electron chi connectivity index (χ0n) is 16.6. The smallest absolute Gasteiger partial charge is 0.264 e. The summed E-state index contributed by atoms with van der Waals surface area (Å²) < 4.78 is 17.4. The molecule has 0 bridgehead atoms. The van der Waals surface area contributed by atoms with Crippen molar-refractivity contribution in [3.63, 3.8) is 0 Å². The molecular formula is C21H24N4O3. The van der Waals surface area contributed by atoms with Gasteiger partial charge < -0.3 is 14.0 Å². The molecule has 0 saturated heterocycles. The summed E-state index contributed by atoms with van der Waals surface area (Å²) in [7, 11) is 0. The lowest BCUT2D eigenvalue weighted by atomic mass is 10.1. The first-order valence-corrected chi connectivity index (χ1v) is 9.45. The second kappa shape index (κ2) is 7.22. The average molecular weight is 380 g/mol. The van der Waals surface area contributed by atoms with Gasteiger partial charge in [0.1, 0.15) is 17.1 Å². The van der Waals surface area contributed by atoms with Crippen LogP contribution in [0.1, 0.15) is 56.9 Å². The quantitative estimate of drug-likeness (QED) is 0.624. The molecule has 0 amide bonds. The molecule has 0 N–H and O–H groups in total. The molecular weight excluding hydrogens is 356 g/mol. The third-order valence-electron chi connectivity index (χ3n) is 4.29. The molecule has 1 saturated carbocycles. The molecule has 28 heavy (non-hydrogen) atoms. The van der Waals surface area contributed by atoms with Gasteiger partial charge in [0.15, 0.2) is 12.4 Å².